The van der Waals surface area contributed by atoms with Crippen molar-refractivity contribution in [3.8, 4) is 5.75 Å². The van der Waals surface area contributed by atoms with E-state index >= 15 is 4.39 Å². The van der Waals surface area contributed by atoms with Crippen LogP contribution in [0.2, 0.25) is 0 Å². The number of nitrogens with zero attached hydrogens (tertiary/aromatic N) is 2. The molecule has 2 unspecified atom stereocenters. The number of hydrogen-bond donors (Lipinski definition) is 1. The Morgan fingerprint density at radius 3 is 2.32 bits per heavy atom. The third-order valence-corrected chi connectivity index (χ3v) is 8.92. The predicted octanol–water partition coefficient (Wildman–Crippen LogP) is 8.78. The molecule has 1 amide bonds. The minimum atomic E-state index is -0.263. The van der Waals surface area contributed by atoms with Gasteiger partial charge in [0.1, 0.15) is 11.6 Å². The molecule has 240 valence electrons. The molecule has 2 aromatic carbocycles. The molecule has 0 aliphatic carbocycles. The number of rotatable bonds is 13. The molecular formula is C38H54FN3O2. The Labute approximate surface area is 265 Å². The Bertz CT molecular complexity index is 1320. The van der Waals surface area contributed by atoms with Gasteiger partial charge < -0.3 is 19.9 Å². The molecule has 0 radical (unpaired) electrons. The van der Waals surface area contributed by atoms with Crippen molar-refractivity contribution in [1.82, 2.24) is 10.2 Å². The summed E-state index contributed by atoms with van der Waals surface area (Å²) < 4.78 is 20.9. The van der Waals surface area contributed by atoms with Gasteiger partial charge in [-0.3, -0.25) is 4.79 Å². The lowest BCUT2D eigenvalue weighted by atomic mass is 9.88. The van der Waals surface area contributed by atoms with Crippen molar-refractivity contribution in [1.29, 1.82) is 0 Å². The molecule has 1 aliphatic heterocycles. The molecule has 1 aliphatic rings. The number of anilines is 1. The maximum absolute atomic E-state index is 15.2. The van der Waals surface area contributed by atoms with Crippen LogP contribution >= 0.6 is 0 Å². The van der Waals surface area contributed by atoms with Gasteiger partial charge in [-0.05, 0) is 102 Å². The first kappa shape index (κ1) is 34.9. The van der Waals surface area contributed by atoms with Crippen LogP contribution in [0.15, 0.2) is 77.5 Å². The SMILES string of the molecule is CCC(C)/C=C\C(C)=C/C(C)N(C)/C(C)=C(\C)C(=O)NCc1ccc(C2CCN(c3ccc(OC(C)C)cc3)CC2)cc1F. The monoisotopic (exact) mass is 603 g/mol. The summed E-state index contributed by atoms with van der Waals surface area (Å²) in [5, 5.41) is 2.93. The van der Waals surface area contributed by atoms with Crippen LogP contribution in [0.4, 0.5) is 10.1 Å². The van der Waals surface area contributed by atoms with Crippen LogP contribution in [-0.4, -0.2) is 43.1 Å². The molecule has 0 saturated carbocycles. The van der Waals surface area contributed by atoms with E-state index in [0.717, 1.165) is 49.4 Å². The van der Waals surface area contributed by atoms with Crippen molar-refractivity contribution < 1.29 is 13.9 Å². The lowest BCUT2D eigenvalue weighted by Crippen LogP contribution is -2.32. The number of piperidine rings is 1. The van der Waals surface area contributed by atoms with Crippen molar-refractivity contribution in [2.24, 2.45) is 5.92 Å². The van der Waals surface area contributed by atoms with Crippen LogP contribution in [0.3, 0.4) is 0 Å². The van der Waals surface area contributed by atoms with Gasteiger partial charge >= 0.3 is 0 Å². The van der Waals surface area contributed by atoms with Gasteiger partial charge in [-0.25, -0.2) is 4.39 Å². The maximum atomic E-state index is 15.2. The highest BCUT2D eigenvalue weighted by atomic mass is 19.1. The molecular weight excluding hydrogens is 549 g/mol. The van der Waals surface area contributed by atoms with Gasteiger partial charge in [0.05, 0.1) is 6.10 Å². The quantitative estimate of drug-likeness (QED) is 0.184. The van der Waals surface area contributed by atoms with E-state index < -0.39 is 0 Å². The molecule has 1 saturated heterocycles. The summed E-state index contributed by atoms with van der Waals surface area (Å²) >= 11 is 0. The highest BCUT2D eigenvalue weighted by molar-refractivity contribution is 5.93. The van der Waals surface area contributed by atoms with E-state index in [1.165, 1.54) is 11.3 Å². The summed E-state index contributed by atoms with van der Waals surface area (Å²) in [5.74, 6) is 1.32. The van der Waals surface area contributed by atoms with Gasteiger partial charge in [0, 0.05) is 55.2 Å². The molecule has 44 heavy (non-hydrogen) atoms. The first-order chi connectivity index (χ1) is 20.9. The summed E-state index contributed by atoms with van der Waals surface area (Å²) in [6.45, 7) is 18.5. The second kappa shape index (κ2) is 16.5. The summed E-state index contributed by atoms with van der Waals surface area (Å²) in [6.07, 6.45) is 9.83. The second-order valence-corrected chi connectivity index (χ2v) is 12.7. The number of likely N-dealkylation sites (N-methyl/N-ethyl adjacent to an activating group) is 1. The zero-order valence-electron chi connectivity index (χ0n) is 28.4. The average molecular weight is 604 g/mol. The molecule has 1 heterocycles. The summed E-state index contributed by atoms with van der Waals surface area (Å²) in [4.78, 5) is 17.5. The van der Waals surface area contributed by atoms with Crippen molar-refractivity contribution in [2.75, 3.05) is 25.0 Å². The Morgan fingerprint density at radius 2 is 1.73 bits per heavy atom. The summed E-state index contributed by atoms with van der Waals surface area (Å²) in [7, 11) is 2.00. The Balaban J connectivity index is 1.54. The predicted molar refractivity (Wildman–Crippen MR) is 183 cm³/mol. The molecule has 1 fully saturated rings. The van der Waals surface area contributed by atoms with Gasteiger partial charge in [0.2, 0.25) is 5.91 Å². The van der Waals surface area contributed by atoms with E-state index in [1.807, 2.05) is 59.0 Å². The van der Waals surface area contributed by atoms with Crippen LogP contribution in [-0.2, 0) is 11.3 Å². The molecule has 2 atom stereocenters. The lowest BCUT2D eigenvalue weighted by molar-refractivity contribution is -0.117. The molecule has 0 bridgehead atoms. The number of amides is 1. The Kier molecular flexibility index (Phi) is 13.1. The normalized spacial score (nSPS) is 16.6. The van der Waals surface area contributed by atoms with Crippen LogP contribution in [0.1, 0.15) is 91.7 Å². The van der Waals surface area contributed by atoms with Crippen molar-refractivity contribution in [3.05, 3.63) is 94.5 Å². The number of hydrogen-bond acceptors (Lipinski definition) is 4. The van der Waals surface area contributed by atoms with E-state index in [1.54, 1.807) is 6.07 Å². The van der Waals surface area contributed by atoms with Crippen molar-refractivity contribution in [3.63, 3.8) is 0 Å². The summed E-state index contributed by atoms with van der Waals surface area (Å²) in [6, 6.07) is 13.9. The largest absolute Gasteiger partial charge is 0.491 e. The van der Waals surface area contributed by atoms with Crippen molar-refractivity contribution in [2.45, 2.75) is 99.3 Å². The molecule has 2 aromatic rings. The smallest absolute Gasteiger partial charge is 0.248 e. The third-order valence-electron chi connectivity index (χ3n) is 8.92. The zero-order chi connectivity index (χ0) is 32.4. The number of ether oxygens (including phenoxy) is 1. The fraction of sp³-hybridized carbons (Fsp3) is 0.500. The number of halogens is 1. The van der Waals surface area contributed by atoms with Crippen LogP contribution in [0.25, 0.3) is 0 Å². The lowest BCUT2D eigenvalue weighted by Gasteiger charge is -2.34. The van der Waals surface area contributed by atoms with Gasteiger partial charge in [0.25, 0.3) is 0 Å². The second-order valence-electron chi connectivity index (χ2n) is 12.7. The average Bonchev–Trinajstić information content (AvgIpc) is 3.01. The van der Waals surface area contributed by atoms with E-state index in [9.17, 15) is 4.79 Å². The highest BCUT2D eigenvalue weighted by Crippen LogP contribution is 2.32. The topological polar surface area (TPSA) is 44.8 Å². The number of carbonyl (C=O) groups excluding carboxylic acids is 1. The molecule has 3 rings (SSSR count). The van der Waals surface area contributed by atoms with E-state index in [4.69, 9.17) is 4.74 Å². The van der Waals surface area contributed by atoms with Gasteiger partial charge in [0.15, 0.2) is 0 Å². The van der Waals surface area contributed by atoms with Gasteiger partial charge in [-0.1, -0.05) is 56.2 Å². The summed E-state index contributed by atoms with van der Waals surface area (Å²) in [5.41, 5.74) is 5.45. The fourth-order valence-corrected chi connectivity index (χ4v) is 5.48. The molecule has 1 N–H and O–H groups in total. The number of carbonyl (C=O) groups is 1. The molecule has 5 nitrogen and oxygen atoms in total. The number of benzene rings is 2. The Hall–Kier alpha value is -3.54. The molecule has 0 spiro atoms. The van der Waals surface area contributed by atoms with E-state index in [-0.39, 0.29) is 30.4 Å². The third kappa shape index (κ3) is 10.0. The van der Waals surface area contributed by atoms with E-state index in [0.29, 0.717) is 23.0 Å². The first-order valence-corrected chi connectivity index (χ1v) is 16.2. The zero-order valence-corrected chi connectivity index (χ0v) is 28.4. The van der Waals surface area contributed by atoms with Crippen LogP contribution in [0, 0.1) is 11.7 Å². The first-order valence-electron chi connectivity index (χ1n) is 16.2. The van der Waals surface area contributed by atoms with E-state index in [2.05, 4.69) is 73.2 Å². The minimum Gasteiger partial charge on any atom is -0.491 e. The number of nitrogens with one attached hydrogen (secondary N) is 1. The maximum Gasteiger partial charge on any atom is 0.248 e. The number of allylic oxidation sites excluding steroid dienone is 4. The molecule has 6 heteroatoms. The van der Waals surface area contributed by atoms with Crippen molar-refractivity contribution >= 4 is 11.6 Å². The Morgan fingerprint density at radius 1 is 1.07 bits per heavy atom. The highest BCUT2D eigenvalue weighted by Gasteiger charge is 2.22. The van der Waals surface area contributed by atoms with Gasteiger partial charge in [-0.2, -0.15) is 0 Å². The molecule has 0 aromatic heterocycles. The van der Waals surface area contributed by atoms with Gasteiger partial charge in [-0.15, -0.1) is 0 Å². The van der Waals surface area contributed by atoms with Crippen LogP contribution < -0.4 is 15.0 Å². The fourth-order valence-electron chi connectivity index (χ4n) is 5.48. The standard InChI is InChI=1S/C38H54FN3O2/c1-10-27(4)11-12-28(5)23-29(6)41(9)31(8)30(7)38(43)40-25-34-14-13-33(24-37(34)39)32-19-21-42(22-20-32)35-15-17-36(18-16-35)44-26(2)3/h11-18,23-24,26-27,29,32H,10,19-22,25H2,1-9H3,(H,40,43)/b12-11-,28-23-,31-30+. The van der Waals surface area contributed by atoms with Crippen LogP contribution in [0.5, 0.6) is 5.75 Å². The minimum absolute atomic E-state index is 0.126.